The molecule has 3 rings (SSSR count). The van der Waals surface area contributed by atoms with E-state index in [9.17, 15) is 19.7 Å². The molecule has 1 saturated heterocycles. The van der Waals surface area contributed by atoms with Crippen LogP contribution in [-0.2, 0) is 16.0 Å². The summed E-state index contributed by atoms with van der Waals surface area (Å²) in [5, 5.41) is 17.2. The molecule has 1 aromatic carbocycles. The van der Waals surface area contributed by atoms with Crippen molar-refractivity contribution >= 4 is 28.9 Å². The number of fused-ring (bicyclic) bond motifs is 1. The van der Waals surface area contributed by atoms with Crippen molar-refractivity contribution in [2.24, 2.45) is 0 Å². The predicted molar refractivity (Wildman–Crippen MR) is 84.3 cm³/mol. The number of carbonyl (C=O) groups excluding carboxylic acids is 2. The van der Waals surface area contributed by atoms with Crippen molar-refractivity contribution in [3.8, 4) is 0 Å². The molecule has 2 N–H and O–H groups in total. The maximum Gasteiger partial charge on any atom is 0.292 e. The average molecular weight is 318 g/mol. The second kappa shape index (κ2) is 5.86. The first-order valence-corrected chi connectivity index (χ1v) is 7.55. The molecular formula is C15H18N4O4. The molecule has 8 nitrogen and oxygen atoms in total. The first kappa shape index (κ1) is 15.3. The molecule has 1 atom stereocenters. The van der Waals surface area contributed by atoms with Gasteiger partial charge >= 0.3 is 0 Å². The molecule has 0 radical (unpaired) electrons. The van der Waals surface area contributed by atoms with Crippen LogP contribution in [0.4, 0.5) is 17.1 Å². The van der Waals surface area contributed by atoms with Gasteiger partial charge in [-0.05, 0) is 24.5 Å². The zero-order valence-corrected chi connectivity index (χ0v) is 12.8. The number of aryl methyl sites for hydroxylation is 1. The quantitative estimate of drug-likeness (QED) is 0.649. The molecule has 0 saturated carbocycles. The SMILES string of the molecule is CN1CCC(Nc2cc3c(cc2[N+](=O)[O-])CCC(=O)N3)CC1=O. The molecule has 0 aliphatic carbocycles. The molecule has 1 aromatic rings. The van der Waals surface area contributed by atoms with E-state index in [2.05, 4.69) is 10.6 Å². The van der Waals surface area contributed by atoms with Crippen LogP contribution in [-0.4, -0.2) is 41.3 Å². The lowest BCUT2D eigenvalue weighted by atomic mass is 10.00. The standard InChI is InChI=1S/C15H18N4O4/c1-18-5-4-10(7-15(18)21)16-12-8-11-9(2-3-14(20)17-11)6-13(12)19(22)23/h6,8,10,16H,2-5,7H2,1H3,(H,17,20). The number of nitro benzene ring substituents is 1. The molecule has 122 valence electrons. The first-order chi connectivity index (χ1) is 10.9. The summed E-state index contributed by atoms with van der Waals surface area (Å²) in [5.74, 6) is -0.0746. The molecule has 0 bridgehead atoms. The van der Waals surface area contributed by atoms with Crippen molar-refractivity contribution < 1.29 is 14.5 Å². The molecule has 23 heavy (non-hydrogen) atoms. The number of nitro groups is 1. The molecule has 2 aliphatic heterocycles. The van der Waals surface area contributed by atoms with E-state index < -0.39 is 4.92 Å². The van der Waals surface area contributed by atoms with E-state index in [1.165, 1.54) is 6.07 Å². The zero-order chi connectivity index (χ0) is 16.6. The van der Waals surface area contributed by atoms with Crippen molar-refractivity contribution in [1.82, 2.24) is 4.90 Å². The molecule has 2 amide bonds. The van der Waals surface area contributed by atoms with Gasteiger partial charge in [-0.2, -0.15) is 0 Å². The maximum absolute atomic E-state index is 11.8. The van der Waals surface area contributed by atoms with Gasteiger partial charge in [0.25, 0.3) is 5.69 Å². The van der Waals surface area contributed by atoms with Crippen molar-refractivity contribution in [1.29, 1.82) is 0 Å². The highest BCUT2D eigenvalue weighted by atomic mass is 16.6. The normalized spacial score (nSPS) is 20.7. The van der Waals surface area contributed by atoms with Gasteiger partial charge in [0.15, 0.2) is 0 Å². The third kappa shape index (κ3) is 3.10. The Labute approximate surface area is 133 Å². The number of nitrogens with zero attached hydrogens (tertiary/aromatic N) is 2. The van der Waals surface area contributed by atoms with Crippen molar-refractivity contribution in [3.05, 3.63) is 27.8 Å². The van der Waals surface area contributed by atoms with E-state index in [1.54, 1.807) is 18.0 Å². The summed E-state index contributed by atoms with van der Waals surface area (Å²) in [4.78, 5) is 35.8. The monoisotopic (exact) mass is 318 g/mol. The van der Waals surface area contributed by atoms with Gasteiger partial charge in [0, 0.05) is 44.2 Å². The minimum Gasteiger partial charge on any atom is -0.376 e. The van der Waals surface area contributed by atoms with E-state index >= 15 is 0 Å². The first-order valence-electron chi connectivity index (χ1n) is 7.55. The highest BCUT2D eigenvalue weighted by Crippen LogP contribution is 2.35. The second-order valence-corrected chi connectivity index (χ2v) is 5.98. The van der Waals surface area contributed by atoms with Gasteiger partial charge in [-0.1, -0.05) is 0 Å². The number of rotatable bonds is 3. The Morgan fingerprint density at radius 3 is 2.83 bits per heavy atom. The smallest absolute Gasteiger partial charge is 0.292 e. The van der Waals surface area contributed by atoms with Crippen LogP contribution in [0.5, 0.6) is 0 Å². The highest BCUT2D eigenvalue weighted by Gasteiger charge is 2.27. The number of piperidine rings is 1. The number of likely N-dealkylation sites (tertiary alicyclic amines) is 1. The number of nitrogens with one attached hydrogen (secondary N) is 2. The number of benzene rings is 1. The van der Waals surface area contributed by atoms with Crippen LogP contribution in [0.25, 0.3) is 0 Å². The van der Waals surface area contributed by atoms with Gasteiger partial charge in [0.2, 0.25) is 11.8 Å². The number of anilines is 2. The zero-order valence-electron chi connectivity index (χ0n) is 12.8. The molecule has 1 fully saturated rings. The predicted octanol–water partition coefficient (Wildman–Crippen LogP) is 1.51. The Hall–Kier alpha value is -2.64. The van der Waals surface area contributed by atoms with E-state index in [4.69, 9.17) is 0 Å². The molecule has 8 heteroatoms. The van der Waals surface area contributed by atoms with Crippen LogP contribution in [0.2, 0.25) is 0 Å². The number of hydrogen-bond acceptors (Lipinski definition) is 5. The minimum atomic E-state index is -0.435. The third-order valence-corrected chi connectivity index (χ3v) is 4.33. The summed E-state index contributed by atoms with van der Waals surface area (Å²) in [5.41, 5.74) is 1.69. The van der Waals surface area contributed by atoms with Gasteiger partial charge in [-0.3, -0.25) is 19.7 Å². The Bertz CT molecular complexity index is 688. The summed E-state index contributed by atoms with van der Waals surface area (Å²) in [6.45, 7) is 0.617. The summed E-state index contributed by atoms with van der Waals surface area (Å²) in [6.07, 6.45) is 1.86. The van der Waals surface area contributed by atoms with Crippen molar-refractivity contribution in [2.45, 2.75) is 31.7 Å². The largest absolute Gasteiger partial charge is 0.376 e. The fraction of sp³-hybridized carbons (Fsp3) is 0.467. The highest BCUT2D eigenvalue weighted by molar-refractivity contribution is 5.95. The van der Waals surface area contributed by atoms with E-state index in [0.29, 0.717) is 37.2 Å². The minimum absolute atomic E-state index is 0.0164. The van der Waals surface area contributed by atoms with Crippen LogP contribution >= 0.6 is 0 Å². The Morgan fingerprint density at radius 2 is 2.13 bits per heavy atom. The molecule has 1 unspecified atom stereocenters. The summed E-state index contributed by atoms with van der Waals surface area (Å²) in [7, 11) is 1.75. The van der Waals surface area contributed by atoms with Crippen LogP contribution in [0.15, 0.2) is 12.1 Å². The average Bonchev–Trinajstić information content (AvgIpc) is 2.50. The number of carbonyl (C=O) groups is 2. The van der Waals surface area contributed by atoms with Gasteiger partial charge in [-0.25, -0.2) is 0 Å². The maximum atomic E-state index is 11.8. The van der Waals surface area contributed by atoms with E-state index in [-0.39, 0.29) is 23.5 Å². The lowest BCUT2D eigenvalue weighted by Gasteiger charge is -2.30. The lowest BCUT2D eigenvalue weighted by Crippen LogP contribution is -2.41. The Kier molecular flexibility index (Phi) is 3.89. The number of amides is 2. The van der Waals surface area contributed by atoms with Gasteiger partial charge < -0.3 is 15.5 Å². The molecule has 0 spiro atoms. The molecule has 0 aromatic heterocycles. The van der Waals surface area contributed by atoms with Crippen molar-refractivity contribution in [2.75, 3.05) is 24.2 Å². The third-order valence-electron chi connectivity index (χ3n) is 4.33. The molecule has 2 aliphatic rings. The number of hydrogen-bond donors (Lipinski definition) is 2. The summed E-state index contributed by atoms with van der Waals surface area (Å²) in [6, 6.07) is 2.97. The Balaban J connectivity index is 1.88. The van der Waals surface area contributed by atoms with E-state index in [0.717, 1.165) is 12.0 Å². The summed E-state index contributed by atoms with van der Waals surface area (Å²) < 4.78 is 0. The van der Waals surface area contributed by atoms with Gasteiger partial charge in [0.1, 0.15) is 5.69 Å². The van der Waals surface area contributed by atoms with Gasteiger partial charge in [-0.15, -0.1) is 0 Å². The topological polar surface area (TPSA) is 105 Å². The van der Waals surface area contributed by atoms with Crippen LogP contribution < -0.4 is 10.6 Å². The second-order valence-electron chi connectivity index (χ2n) is 5.98. The summed E-state index contributed by atoms with van der Waals surface area (Å²) >= 11 is 0. The van der Waals surface area contributed by atoms with E-state index in [1.807, 2.05) is 0 Å². The van der Waals surface area contributed by atoms with Crippen LogP contribution in [0, 0.1) is 10.1 Å². The lowest BCUT2D eigenvalue weighted by molar-refractivity contribution is -0.384. The fourth-order valence-electron chi connectivity index (χ4n) is 2.97. The van der Waals surface area contributed by atoms with Crippen molar-refractivity contribution in [3.63, 3.8) is 0 Å². The van der Waals surface area contributed by atoms with Crippen LogP contribution in [0.3, 0.4) is 0 Å². The molecular weight excluding hydrogens is 300 g/mol. The van der Waals surface area contributed by atoms with Crippen LogP contribution in [0.1, 0.15) is 24.8 Å². The molecule has 2 heterocycles. The fourth-order valence-corrected chi connectivity index (χ4v) is 2.97. The van der Waals surface area contributed by atoms with Gasteiger partial charge in [0.05, 0.1) is 4.92 Å². The Morgan fingerprint density at radius 1 is 1.35 bits per heavy atom.